The van der Waals surface area contributed by atoms with Crippen LogP contribution < -0.4 is 5.32 Å². The van der Waals surface area contributed by atoms with Crippen molar-refractivity contribution >= 4 is 11.6 Å². The average Bonchev–Trinajstić information content (AvgIpc) is 3.17. The maximum Gasteiger partial charge on any atom is 0.224 e. The van der Waals surface area contributed by atoms with Gasteiger partial charge in [0.25, 0.3) is 0 Å². The first-order valence-electron chi connectivity index (χ1n) is 7.54. The van der Waals surface area contributed by atoms with Crippen LogP contribution in [-0.2, 0) is 11.2 Å². The van der Waals surface area contributed by atoms with Crippen LogP contribution >= 0.6 is 0 Å². The van der Waals surface area contributed by atoms with Crippen LogP contribution in [0.1, 0.15) is 23.4 Å². The average molecular weight is 328 g/mol. The van der Waals surface area contributed by atoms with Crippen molar-refractivity contribution in [3.8, 4) is 5.69 Å². The van der Waals surface area contributed by atoms with Crippen molar-refractivity contribution in [3.05, 3.63) is 59.8 Å². The van der Waals surface area contributed by atoms with Gasteiger partial charge in [-0.15, -0.1) is 0 Å². The maximum atomic E-state index is 14.2. The van der Waals surface area contributed by atoms with Crippen molar-refractivity contribution in [1.29, 1.82) is 0 Å². The molecule has 0 bridgehead atoms. The van der Waals surface area contributed by atoms with Crippen LogP contribution in [-0.4, -0.2) is 20.6 Å². The molecule has 124 valence electrons. The monoisotopic (exact) mass is 328 g/mol. The SMILES string of the molecule is Cc1noc(C)c1CCC(=O)Nc1ccc(-n2ccnc2)c(F)c1. The number of aryl methyl sites for hydroxylation is 2. The van der Waals surface area contributed by atoms with Crippen molar-refractivity contribution in [2.45, 2.75) is 26.7 Å². The molecule has 7 heteroatoms. The highest BCUT2D eigenvalue weighted by molar-refractivity contribution is 5.91. The van der Waals surface area contributed by atoms with Gasteiger partial charge < -0.3 is 14.4 Å². The lowest BCUT2D eigenvalue weighted by Gasteiger charge is -2.08. The molecule has 24 heavy (non-hydrogen) atoms. The summed E-state index contributed by atoms with van der Waals surface area (Å²) in [5.74, 6) is 0.0948. The Morgan fingerprint density at radius 3 is 2.83 bits per heavy atom. The Morgan fingerprint density at radius 2 is 2.21 bits per heavy atom. The third-order valence-electron chi connectivity index (χ3n) is 3.80. The molecule has 0 saturated heterocycles. The second kappa shape index (κ2) is 6.66. The molecule has 0 unspecified atom stereocenters. The molecule has 0 radical (unpaired) electrons. The first-order valence-corrected chi connectivity index (χ1v) is 7.54. The first-order chi connectivity index (χ1) is 11.5. The minimum Gasteiger partial charge on any atom is -0.361 e. The van der Waals surface area contributed by atoms with Gasteiger partial charge in [-0.05, 0) is 38.5 Å². The quantitative estimate of drug-likeness (QED) is 0.780. The van der Waals surface area contributed by atoms with Crippen LogP contribution in [0.3, 0.4) is 0 Å². The van der Waals surface area contributed by atoms with Gasteiger partial charge in [-0.1, -0.05) is 5.16 Å². The molecule has 0 aliphatic rings. The van der Waals surface area contributed by atoms with E-state index in [0.29, 0.717) is 17.8 Å². The molecule has 0 spiro atoms. The Kier molecular flexibility index (Phi) is 4.41. The predicted octanol–water partition coefficient (Wildman–Crippen LogP) is 3.19. The molecule has 1 aromatic carbocycles. The van der Waals surface area contributed by atoms with Gasteiger partial charge in [-0.25, -0.2) is 9.37 Å². The van der Waals surface area contributed by atoms with E-state index in [1.807, 2.05) is 13.8 Å². The zero-order chi connectivity index (χ0) is 17.1. The number of anilines is 1. The predicted molar refractivity (Wildman–Crippen MR) is 86.4 cm³/mol. The number of carbonyl (C=O) groups excluding carboxylic acids is 1. The standard InChI is InChI=1S/C17H17FN4O2/c1-11-14(12(2)24-21-11)4-6-17(23)20-13-3-5-16(15(18)9-13)22-8-7-19-10-22/h3,5,7-10H,4,6H2,1-2H3,(H,20,23). The summed E-state index contributed by atoms with van der Waals surface area (Å²) in [6.45, 7) is 3.66. The van der Waals surface area contributed by atoms with Crippen molar-refractivity contribution in [2.24, 2.45) is 0 Å². The largest absolute Gasteiger partial charge is 0.361 e. The third kappa shape index (κ3) is 3.34. The Labute approximate surface area is 138 Å². The summed E-state index contributed by atoms with van der Waals surface area (Å²) in [5.41, 5.74) is 2.52. The normalized spacial score (nSPS) is 10.8. The number of carbonyl (C=O) groups is 1. The van der Waals surface area contributed by atoms with Crippen molar-refractivity contribution in [3.63, 3.8) is 0 Å². The summed E-state index contributed by atoms with van der Waals surface area (Å²) >= 11 is 0. The number of aromatic nitrogens is 3. The van der Waals surface area contributed by atoms with Gasteiger partial charge in [0.15, 0.2) is 0 Å². The Hall–Kier alpha value is -2.96. The number of benzene rings is 1. The van der Waals surface area contributed by atoms with Crippen LogP contribution in [0.15, 0.2) is 41.4 Å². The van der Waals surface area contributed by atoms with Gasteiger partial charge in [0.2, 0.25) is 5.91 Å². The van der Waals surface area contributed by atoms with Gasteiger partial charge in [-0.2, -0.15) is 0 Å². The van der Waals surface area contributed by atoms with Gasteiger partial charge >= 0.3 is 0 Å². The van der Waals surface area contributed by atoms with Crippen molar-refractivity contribution in [1.82, 2.24) is 14.7 Å². The van der Waals surface area contributed by atoms with E-state index in [0.717, 1.165) is 17.0 Å². The number of nitrogens with zero attached hydrogens (tertiary/aromatic N) is 3. The smallest absolute Gasteiger partial charge is 0.224 e. The number of hydrogen-bond donors (Lipinski definition) is 1. The molecular weight excluding hydrogens is 311 g/mol. The summed E-state index contributed by atoms with van der Waals surface area (Å²) < 4.78 is 20.8. The van der Waals surface area contributed by atoms with Crippen LogP contribution in [0, 0.1) is 19.7 Å². The first kappa shape index (κ1) is 15.9. The minimum atomic E-state index is -0.434. The van der Waals surface area contributed by atoms with E-state index >= 15 is 0 Å². The lowest BCUT2D eigenvalue weighted by atomic mass is 10.1. The summed E-state index contributed by atoms with van der Waals surface area (Å²) in [7, 11) is 0. The van der Waals surface area contributed by atoms with Crippen LogP contribution in [0.5, 0.6) is 0 Å². The Morgan fingerprint density at radius 1 is 1.38 bits per heavy atom. The summed E-state index contributed by atoms with van der Waals surface area (Å²) in [5, 5.41) is 6.56. The molecule has 6 nitrogen and oxygen atoms in total. The van der Waals surface area contributed by atoms with Crippen molar-refractivity contribution < 1.29 is 13.7 Å². The number of rotatable bonds is 5. The molecule has 3 aromatic rings. The molecule has 0 atom stereocenters. The van der Waals surface area contributed by atoms with E-state index in [2.05, 4.69) is 15.5 Å². The molecule has 0 aliphatic heterocycles. The summed E-state index contributed by atoms with van der Waals surface area (Å²) in [6, 6.07) is 4.55. The van der Waals surface area contributed by atoms with Gasteiger partial charge in [0, 0.05) is 30.1 Å². The summed E-state index contributed by atoms with van der Waals surface area (Å²) in [4.78, 5) is 15.9. The number of amides is 1. The molecule has 2 heterocycles. The third-order valence-corrected chi connectivity index (χ3v) is 3.80. The second-order valence-corrected chi connectivity index (χ2v) is 5.49. The maximum absolute atomic E-state index is 14.2. The zero-order valence-electron chi connectivity index (χ0n) is 13.4. The van der Waals surface area contributed by atoms with E-state index < -0.39 is 5.82 Å². The lowest BCUT2D eigenvalue weighted by molar-refractivity contribution is -0.116. The molecule has 0 fully saturated rings. The highest BCUT2D eigenvalue weighted by Gasteiger charge is 2.12. The van der Waals surface area contributed by atoms with E-state index in [1.165, 1.54) is 12.4 Å². The zero-order valence-corrected chi connectivity index (χ0v) is 13.4. The fraction of sp³-hybridized carbons (Fsp3) is 0.235. The second-order valence-electron chi connectivity index (χ2n) is 5.49. The number of halogens is 1. The van der Waals surface area contributed by atoms with Crippen LogP contribution in [0.25, 0.3) is 5.69 Å². The van der Waals surface area contributed by atoms with E-state index in [-0.39, 0.29) is 12.3 Å². The number of imidazole rings is 1. The summed E-state index contributed by atoms with van der Waals surface area (Å²) in [6.07, 6.45) is 5.54. The molecule has 1 amide bonds. The number of nitrogens with one attached hydrogen (secondary N) is 1. The molecule has 0 aliphatic carbocycles. The number of hydrogen-bond acceptors (Lipinski definition) is 4. The van der Waals surface area contributed by atoms with Gasteiger partial charge in [0.05, 0.1) is 17.7 Å². The van der Waals surface area contributed by atoms with Gasteiger partial charge in [-0.3, -0.25) is 4.79 Å². The fourth-order valence-electron chi connectivity index (χ4n) is 2.52. The van der Waals surface area contributed by atoms with Crippen molar-refractivity contribution in [2.75, 3.05) is 5.32 Å². The Balaban J connectivity index is 1.63. The molecule has 3 rings (SSSR count). The molecular formula is C17H17FN4O2. The van der Waals surface area contributed by atoms with E-state index in [9.17, 15) is 9.18 Å². The molecule has 0 saturated carbocycles. The fourth-order valence-corrected chi connectivity index (χ4v) is 2.52. The molecule has 1 N–H and O–H groups in total. The lowest BCUT2D eigenvalue weighted by Crippen LogP contribution is -2.13. The Bertz CT molecular complexity index is 836. The van der Waals surface area contributed by atoms with Crippen LogP contribution in [0.2, 0.25) is 0 Å². The highest BCUT2D eigenvalue weighted by atomic mass is 19.1. The minimum absolute atomic E-state index is 0.190. The van der Waals surface area contributed by atoms with Gasteiger partial charge in [0.1, 0.15) is 11.6 Å². The van der Waals surface area contributed by atoms with E-state index in [1.54, 1.807) is 29.1 Å². The topological polar surface area (TPSA) is 73.0 Å². The molecule has 2 aromatic heterocycles. The highest BCUT2D eigenvalue weighted by Crippen LogP contribution is 2.19. The van der Waals surface area contributed by atoms with Crippen LogP contribution in [0.4, 0.5) is 10.1 Å². The van der Waals surface area contributed by atoms with E-state index in [4.69, 9.17) is 4.52 Å².